The first-order valence-corrected chi connectivity index (χ1v) is 12.8. The molecule has 2 nitrogen and oxygen atoms in total. The lowest BCUT2D eigenvalue weighted by Gasteiger charge is -2.41. The van der Waals surface area contributed by atoms with Crippen LogP contribution in [0.3, 0.4) is 0 Å². The van der Waals surface area contributed by atoms with Crippen LogP contribution in [0, 0.1) is 29.6 Å². The van der Waals surface area contributed by atoms with Gasteiger partial charge in [-0.3, -0.25) is 4.79 Å². The molecule has 0 heterocycles. The van der Waals surface area contributed by atoms with Gasteiger partial charge in [-0.1, -0.05) is 77.7 Å². The van der Waals surface area contributed by atoms with E-state index in [1.54, 1.807) is 6.08 Å². The number of carbonyl (C=O) groups is 1. The standard InChI is InChI=1S/C25H40O2Si/c1-10-12-15-25(26)24-17-21(9)22(11-2)23(24)14-13-16-27-28(18(3)4,19(5)6)20(7)8/h10-11,18-20,22-24H,1-2,9,12,15-17H2,3-8H3/t22-,23-,24-/m0/s1. The first kappa shape index (κ1) is 24.7. The fourth-order valence-corrected chi connectivity index (χ4v) is 10.4. The van der Waals surface area contributed by atoms with Gasteiger partial charge >= 0.3 is 0 Å². The number of allylic oxidation sites excluding steroid dienone is 3. The summed E-state index contributed by atoms with van der Waals surface area (Å²) in [6.45, 7) is 26.0. The summed E-state index contributed by atoms with van der Waals surface area (Å²) in [5, 5.41) is 0. The van der Waals surface area contributed by atoms with Gasteiger partial charge in [0.25, 0.3) is 0 Å². The average molecular weight is 401 g/mol. The van der Waals surface area contributed by atoms with Crippen molar-refractivity contribution in [3.8, 4) is 11.8 Å². The molecule has 28 heavy (non-hydrogen) atoms. The predicted molar refractivity (Wildman–Crippen MR) is 124 cm³/mol. The Morgan fingerprint density at radius 3 is 2.21 bits per heavy atom. The van der Waals surface area contributed by atoms with Gasteiger partial charge in [0.15, 0.2) is 0 Å². The van der Waals surface area contributed by atoms with Gasteiger partial charge in [0.05, 0.1) is 6.61 Å². The molecular formula is C25H40O2Si. The maximum atomic E-state index is 12.7. The van der Waals surface area contributed by atoms with Crippen LogP contribution in [0.15, 0.2) is 37.5 Å². The van der Waals surface area contributed by atoms with Crippen molar-refractivity contribution in [2.75, 3.05) is 6.61 Å². The van der Waals surface area contributed by atoms with Gasteiger partial charge in [-0.2, -0.15) is 0 Å². The van der Waals surface area contributed by atoms with Crippen molar-refractivity contribution >= 4 is 14.1 Å². The van der Waals surface area contributed by atoms with Crippen LogP contribution in [0.1, 0.15) is 60.8 Å². The first-order chi connectivity index (χ1) is 13.1. The third-order valence-electron chi connectivity index (χ3n) is 6.41. The van der Waals surface area contributed by atoms with Crippen molar-refractivity contribution in [3.63, 3.8) is 0 Å². The van der Waals surface area contributed by atoms with E-state index in [2.05, 4.69) is 73.1 Å². The van der Waals surface area contributed by atoms with E-state index in [1.807, 2.05) is 6.08 Å². The van der Waals surface area contributed by atoms with Crippen LogP contribution < -0.4 is 0 Å². The monoisotopic (exact) mass is 400 g/mol. The van der Waals surface area contributed by atoms with Gasteiger partial charge < -0.3 is 4.43 Å². The molecule has 1 saturated carbocycles. The highest BCUT2D eigenvalue weighted by molar-refractivity contribution is 6.77. The molecule has 0 radical (unpaired) electrons. The summed E-state index contributed by atoms with van der Waals surface area (Å²) in [7, 11) is -1.92. The first-order valence-electron chi connectivity index (χ1n) is 10.7. The minimum atomic E-state index is -1.92. The molecule has 0 aromatic heterocycles. The second-order valence-corrected chi connectivity index (χ2v) is 14.4. The van der Waals surface area contributed by atoms with E-state index in [0.717, 1.165) is 18.4 Å². The molecule has 3 heteroatoms. The Bertz CT molecular complexity index is 611. The highest BCUT2D eigenvalue weighted by Crippen LogP contribution is 2.43. The highest BCUT2D eigenvalue weighted by atomic mass is 28.4. The molecule has 0 N–H and O–H groups in total. The molecule has 1 rings (SSSR count). The zero-order valence-corrected chi connectivity index (χ0v) is 19.9. The maximum absolute atomic E-state index is 12.7. The zero-order chi connectivity index (χ0) is 21.5. The summed E-state index contributed by atoms with van der Waals surface area (Å²) in [5.74, 6) is 6.90. The van der Waals surface area contributed by atoms with E-state index in [1.165, 1.54) is 0 Å². The summed E-state index contributed by atoms with van der Waals surface area (Å²) in [4.78, 5) is 12.7. The third-order valence-corrected chi connectivity index (χ3v) is 12.5. The van der Waals surface area contributed by atoms with Gasteiger partial charge in [0.1, 0.15) is 5.78 Å². The fraction of sp³-hybridized carbons (Fsp3) is 0.640. The molecule has 3 atom stereocenters. The number of carbonyl (C=O) groups excluding carboxylic acids is 1. The summed E-state index contributed by atoms with van der Waals surface area (Å²) in [6.07, 6.45) is 5.67. The van der Waals surface area contributed by atoms with Crippen molar-refractivity contribution < 1.29 is 9.22 Å². The maximum Gasteiger partial charge on any atom is 0.201 e. The van der Waals surface area contributed by atoms with E-state index in [0.29, 0.717) is 29.7 Å². The lowest BCUT2D eigenvalue weighted by molar-refractivity contribution is -0.123. The molecule has 0 aromatic carbocycles. The molecule has 0 aromatic rings. The predicted octanol–water partition coefficient (Wildman–Crippen LogP) is 6.71. The number of Topliss-reactive ketones (excluding diaryl/α,β-unsaturated/α-hetero) is 1. The van der Waals surface area contributed by atoms with Crippen molar-refractivity contribution in [1.82, 2.24) is 0 Å². The molecule has 1 fully saturated rings. The van der Waals surface area contributed by atoms with E-state index < -0.39 is 8.32 Å². The minimum absolute atomic E-state index is 0.0286. The number of hydrogen-bond donors (Lipinski definition) is 0. The minimum Gasteiger partial charge on any atom is -0.405 e. The Balaban J connectivity index is 2.98. The lowest BCUT2D eigenvalue weighted by atomic mass is 9.85. The van der Waals surface area contributed by atoms with Crippen LogP contribution in [-0.4, -0.2) is 20.7 Å². The summed E-state index contributed by atoms with van der Waals surface area (Å²) in [6, 6.07) is 0. The summed E-state index contributed by atoms with van der Waals surface area (Å²) in [5.41, 5.74) is 2.68. The van der Waals surface area contributed by atoms with Gasteiger partial charge in [0, 0.05) is 24.2 Å². The second-order valence-electron chi connectivity index (χ2n) is 8.98. The zero-order valence-electron chi connectivity index (χ0n) is 18.9. The van der Waals surface area contributed by atoms with Crippen LogP contribution in [-0.2, 0) is 9.22 Å². The summed E-state index contributed by atoms with van der Waals surface area (Å²) >= 11 is 0. The Kier molecular flexibility index (Phi) is 9.67. The number of ketones is 1. The second kappa shape index (κ2) is 11.0. The van der Waals surface area contributed by atoms with Gasteiger partial charge in [-0.05, 0) is 29.5 Å². The lowest BCUT2D eigenvalue weighted by Crippen LogP contribution is -2.47. The van der Waals surface area contributed by atoms with Crippen LogP contribution in [0.4, 0.5) is 0 Å². The van der Waals surface area contributed by atoms with Gasteiger partial charge in [-0.15, -0.1) is 13.2 Å². The van der Waals surface area contributed by atoms with Crippen LogP contribution in [0.5, 0.6) is 0 Å². The molecule has 0 spiro atoms. The normalized spacial score (nSPS) is 22.5. The summed E-state index contributed by atoms with van der Waals surface area (Å²) < 4.78 is 6.55. The van der Waals surface area contributed by atoms with Crippen LogP contribution >= 0.6 is 0 Å². The van der Waals surface area contributed by atoms with Crippen LogP contribution in [0.25, 0.3) is 0 Å². The third kappa shape index (κ3) is 5.36. The Hall–Kier alpha value is -1.37. The van der Waals surface area contributed by atoms with Crippen molar-refractivity contribution in [3.05, 3.63) is 37.5 Å². The topological polar surface area (TPSA) is 26.3 Å². The molecule has 0 unspecified atom stereocenters. The van der Waals surface area contributed by atoms with Crippen molar-refractivity contribution in [2.24, 2.45) is 17.8 Å². The molecular weight excluding hydrogens is 360 g/mol. The number of rotatable bonds is 10. The van der Waals surface area contributed by atoms with E-state index >= 15 is 0 Å². The largest absolute Gasteiger partial charge is 0.405 e. The molecule has 1 aliphatic carbocycles. The van der Waals surface area contributed by atoms with Crippen molar-refractivity contribution in [2.45, 2.75) is 77.4 Å². The molecule has 0 aliphatic heterocycles. The molecule has 0 amide bonds. The number of hydrogen-bond acceptors (Lipinski definition) is 2. The SMILES string of the molecule is C=CCCC(=O)[C@H]1CC(=C)[C@H](C=C)[C@@H]1C#CCO[Si](C(C)C)(C(C)C)C(C)C. The fourth-order valence-electron chi connectivity index (χ4n) is 5.12. The average Bonchev–Trinajstić information content (AvgIpc) is 2.94. The van der Waals surface area contributed by atoms with E-state index in [4.69, 9.17) is 4.43 Å². The van der Waals surface area contributed by atoms with Gasteiger partial charge in [-0.25, -0.2) is 0 Å². The Labute approximate surface area is 174 Å². The van der Waals surface area contributed by atoms with E-state index in [-0.39, 0.29) is 23.5 Å². The Morgan fingerprint density at radius 2 is 1.75 bits per heavy atom. The molecule has 156 valence electrons. The highest BCUT2D eigenvalue weighted by Gasteiger charge is 2.45. The smallest absolute Gasteiger partial charge is 0.201 e. The van der Waals surface area contributed by atoms with E-state index in [9.17, 15) is 4.79 Å². The molecule has 1 aliphatic rings. The molecule has 0 saturated heterocycles. The van der Waals surface area contributed by atoms with Crippen LogP contribution in [0.2, 0.25) is 16.6 Å². The Morgan fingerprint density at radius 1 is 1.18 bits per heavy atom. The van der Waals surface area contributed by atoms with Gasteiger partial charge in [0.2, 0.25) is 8.32 Å². The quantitative estimate of drug-likeness (QED) is 0.231. The molecule has 0 bridgehead atoms. The van der Waals surface area contributed by atoms with Crippen molar-refractivity contribution in [1.29, 1.82) is 0 Å².